The largest absolute Gasteiger partial charge is 0.351 e. The van der Waals surface area contributed by atoms with Gasteiger partial charge < -0.3 is 5.32 Å². The SMILES string of the molecule is Cc1ccccc1CN(CC(=O)NCc1ccccc1Cl)S(=O)(=O)c1ccc(Cl)cc1. The Bertz CT molecular complexity index is 1170. The van der Waals surface area contributed by atoms with Gasteiger partial charge in [0.05, 0.1) is 11.4 Å². The number of rotatable bonds is 8. The molecule has 1 N–H and O–H groups in total. The van der Waals surface area contributed by atoms with Crippen molar-refractivity contribution in [2.75, 3.05) is 6.54 Å². The van der Waals surface area contributed by atoms with Crippen LogP contribution >= 0.6 is 23.2 Å². The third-order valence-corrected chi connectivity index (χ3v) is 7.24. The molecule has 0 spiro atoms. The summed E-state index contributed by atoms with van der Waals surface area (Å²) < 4.78 is 27.8. The minimum Gasteiger partial charge on any atom is -0.351 e. The van der Waals surface area contributed by atoms with Crippen LogP contribution in [-0.4, -0.2) is 25.2 Å². The normalized spacial score (nSPS) is 11.5. The Morgan fingerprint density at radius 1 is 0.903 bits per heavy atom. The van der Waals surface area contributed by atoms with E-state index in [0.717, 1.165) is 16.7 Å². The number of carbonyl (C=O) groups is 1. The van der Waals surface area contributed by atoms with Crippen molar-refractivity contribution in [3.8, 4) is 0 Å². The van der Waals surface area contributed by atoms with Gasteiger partial charge in [0.1, 0.15) is 0 Å². The van der Waals surface area contributed by atoms with E-state index in [1.807, 2.05) is 37.3 Å². The maximum atomic E-state index is 13.3. The molecule has 3 rings (SSSR count). The second kappa shape index (κ2) is 10.3. The fraction of sp³-hybridized carbons (Fsp3) is 0.174. The zero-order chi connectivity index (χ0) is 22.4. The van der Waals surface area contributed by atoms with Crippen LogP contribution in [0, 0.1) is 6.92 Å². The maximum Gasteiger partial charge on any atom is 0.243 e. The molecule has 0 aliphatic carbocycles. The lowest BCUT2D eigenvalue weighted by molar-refractivity contribution is -0.121. The van der Waals surface area contributed by atoms with E-state index in [4.69, 9.17) is 23.2 Å². The van der Waals surface area contributed by atoms with Gasteiger partial charge in [0.2, 0.25) is 15.9 Å². The van der Waals surface area contributed by atoms with E-state index in [9.17, 15) is 13.2 Å². The molecular formula is C23H22Cl2N2O3S. The molecule has 0 aliphatic rings. The van der Waals surface area contributed by atoms with E-state index in [1.54, 1.807) is 18.2 Å². The third kappa shape index (κ3) is 6.08. The van der Waals surface area contributed by atoms with Crippen LogP contribution in [0.15, 0.2) is 77.7 Å². The summed E-state index contributed by atoms with van der Waals surface area (Å²) in [5.41, 5.74) is 2.51. The first-order chi connectivity index (χ1) is 14.8. The lowest BCUT2D eigenvalue weighted by Gasteiger charge is -2.23. The van der Waals surface area contributed by atoms with E-state index in [1.165, 1.54) is 28.6 Å². The average Bonchev–Trinajstić information content (AvgIpc) is 2.74. The number of benzene rings is 3. The van der Waals surface area contributed by atoms with Gasteiger partial charge in [-0.15, -0.1) is 0 Å². The van der Waals surface area contributed by atoms with Gasteiger partial charge in [-0.05, 0) is 53.9 Å². The summed E-state index contributed by atoms with van der Waals surface area (Å²) in [5.74, 6) is -0.425. The standard InChI is InChI=1S/C23H22Cl2N2O3S/c1-17-6-2-3-8-19(17)15-27(31(29,30)21-12-10-20(24)11-13-21)16-23(28)26-14-18-7-4-5-9-22(18)25/h2-13H,14-16H2,1H3,(H,26,28). The van der Waals surface area contributed by atoms with Gasteiger partial charge in [0, 0.05) is 23.1 Å². The molecule has 5 nitrogen and oxygen atoms in total. The van der Waals surface area contributed by atoms with Gasteiger partial charge in [-0.1, -0.05) is 65.7 Å². The summed E-state index contributed by atoms with van der Waals surface area (Å²) in [5, 5.41) is 3.72. The maximum absolute atomic E-state index is 13.3. The molecule has 0 aliphatic heterocycles. The highest BCUT2D eigenvalue weighted by Crippen LogP contribution is 2.22. The Morgan fingerprint density at radius 2 is 1.52 bits per heavy atom. The quantitative estimate of drug-likeness (QED) is 0.507. The number of amides is 1. The van der Waals surface area contributed by atoms with Crippen LogP contribution in [0.4, 0.5) is 0 Å². The van der Waals surface area contributed by atoms with Crippen LogP contribution in [0.2, 0.25) is 10.0 Å². The molecule has 0 radical (unpaired) electrons. The van der Waals surface area contributed by atoms with Crippen LogP contribution in [0.5, 0.6) is 0 Å². The zero-order valence-corrected chi connectivity index (χ0v) is 19.2. The van der Waals surface area contributed by atoms with Crippen molar-refractivity contribution < 1.29 is 13.2 Å². The molecule has 31 heavy (non-hydrogen) atoms. The van der Waals surface area contributed by atoms with Gasteiger partial charge >= 0.3 is 0 Å². The Balaban J connectivity index is 1.83. The lowest BCUT2D eigenvalue weighted by Crippen LogP contribution is -2.40. The highest BCUT2D eigenvalue weighted by Gasteiger charge is 2.27. The molecule has 0 heterocycles. The second-order valence-electron chi connectivity index (χ2n) is 7.02. The van der Waals surface area contributed by atoms with E-state index < -0.39 is 15.9 Å². The molecule has 8 heteroatoms. The molecule has 0 unspecified atom stereocenters. The molecule has 3 aromatic rings. The predicted octanol–water partition coefficient (Wildman–Crippen LogP) is 4.81. The summed E-state index contributed by atoms with van der Waals surface area (Å²) in [6.45, 7) is 1.85. The topological polar surface area (TPSA) is 66.5 Å². The van der Waals surface area contributed by atoms with Crippen molar-refractivity contribution in [1.29, 1.82) is 0 Å². The number of sulfonamides is 1. The number of carbonyl (C=O) groups excluding carboxylic acids is 1. The van der Waals surface area contributed by atoms with Crippen LogP contribution in [0.1, 0.15) is 16.7 Å². The summed E-state index contributed by atoms with van der Waals surface area (Å²) in [4.78, 5) is 12.7. The first-order valence-corrected chi connectivity index (χ1v) is 11.8. The van der Waals surface area contributed by atoms with Crippen molar-refractivity contribution in [2.24, 2.45) is 0 Å². The fourth-order valence-corrected chi connectivity index (χ4v) is 4.71. The average molecular weight is 477 g/mol. The first kappa shape index (κ1) is 23.3. The van der Waals surface area contributed by atoms with E-state index in [0.29, 0.717) is 10.0 Å². The highest BCUT2D eigenvalue weighted by molar-refractivity contribution is 7.89. The molecule has 0 fully saturated rings. The highest BCUT2D eigenvalue weighted by atomic mass is 35.5. The molecule has 1 amide bonds. The summed E-state index contributed by atoms with van der Waals surface area (Å²) in [6, 6.07) is 20.5. The van der Waals surface area contributed by atoms with Crippen LogP contribution < -0.4 is 5.32 Å². The van der Waals surface area contributed by atoms with Crippen molar-refractivity contribution in [3.63, 3.8) is 0 Å². The molecule has 0 atom stereocenters. The number of nitrogens with one attached hydrogen (secondary N) is 1. The van der Waals surface area contributed by atoms with Gasteiger partial charge in [-0.3, -0.25) is 4.79 Å². The summed E-state index contributed by atoms with van der Waals surface area (Å²) >= 11 is 12.0. The Labute approximate surface area is 192 Å². The Hall–Kier alpha value is -2.38. The van der Waals surface area contributed by atoms with Gasteiger partial charge in [0.25, 0.3) is 0 Å². The second-order valence-corrected chi connectivity index (χ2v) is 9.80. The van der Waals surface area contributed by atoms with E-state index in [-0.39, 0.29) is 24.5 Å². The number of hydrogen-bond donors (Lipinski definition) is 1. The van der Waals surface area contributed by atoms with Crippen molar-refractivity contribution in [2.45, 2.75) is 24.9 Å². The minimum absolute atomic E-state index is 0.0666. The van der Waals surface area contributed by atoms with Crippen LogP contribution in [0.25, 0.3) is 0 Å². The first-order valence-electron chi connectivity index (χ1n) is 9.57. The smallest absolute Gasteiger partial charge is 0.243 e. The lowest BCUT2D eigenvalue weighted by atomic mass is 10.1. The predicted molar refractivity (Wildman–Crippen MR) is 124 cm³/mol. The van der Waals surface area contributed by atoms with Gasteiger partial charge in [-0.2, -0.15) is 4.31 Å². The van der Waals surface area contributed by atoms with E-state index >= 15 is 0 Å². The Kier molecular flexibility index (Phi) is 7.73. The van der Waals surface area contributed by atoms with Crippen molar-refractivity contribution in [3.05, 3.63) is 99.5 Å². The molecule has 0 saturated heterocycles. The Morgan fingerprint density at radius 3 is 2.16 bits per heavy atom. The molecule has 0 saturated carbocycles. The third-order valence-electron chi connectivity index (χ3n) is 4.81. The monoisotopic (exact) mass is 476 g/mol. The molecule has 0 bridgehead atoms. The number of aryl methyl sites for hydroxylation is 1. The number of halogens is 2. The number of nitrogens with zero attached hydrogens (tertiary/aromatic N) is 1. The van der Waals surface area contributed by atoms with Gasteiger partial charge in [-0.25, -0.2) is 8.42 Å². The summed E-state index contributed by atoms with van der Waals surface area (Å²) in [6.07, 6.45) is 0. The molecule has 0 aromatic heterocycles. The fourth-order valence-electron chi connectivity index (χ4n) is 3.01. The molecule has 3 aromatic carbocycles. The molecular weight excluding hydrogens is 455 g/mol. The molecule has 162 valence electrons. The van der Waals surface area contributed by atoms with Crippen LogP contribution in [-0.2, 0) is 27.9 Å². The van der Waals surface area contributed by atoms with Gasteiger partial charge in [0.15, 0.2) is 0 Å². The summed E-state index contributed by atoms with van der Waals surface area (Å²) in [7, 11) is -3.93. The van der Waals surface area contributed by atoms with Crippen LogP contribution in [0.3, 0.4) is 0 Å². The van der Waals surface area contributed by atoms with E-state index in [2.05, 4.69) is 5.32 Å². The minimum atomic E-state index is -3.93. The number of hydrogen-bond acceptors (Lipinski definition) is 3. The van der Waals surface area contributed by atoms with Crippen molar-refractivity contribution in [1.82, 2.24) is 9.62 Å². The van der Waals surface area contributed by atoms with Crippen molar-refractivity contribution >= 4 is 39.1 Å². The zero-order valence-electron chi connectivity index (χ0n) is 16.9.